The summed E-state index contributed by atoms with van der Waals surface area (Å²) in [5.74, 6) is -4.00. The van der Waals surface area contributed by atoms with Crippen LogP contribution in [0.5, 0.6) is 0 Å². The van der Waals surface area contributed by atoms with E-state index in [-0.39, 0.29) is 18.2 Å². The number of benzene rings is 2. The Hall–Kier alpha value is -3.69. The summed E-state index contributed by atoms with van der Waals surface area (Å²) in [7, 11) is 0. The lowest BCUT2D eigenvalue weighted by atomic mass is 10.1. The van der Waals surface area contributed by atoms with Gasteiger partial charge in [-0.3, -0.25) is 14.6 Å². The van der Waals surface area contributed by atoms with E-state index in [1.165, 1.54) is 17.0 Å². The van der Waals surface area contributed by atoms with Crippen LogP contribution in [0.4, 0.5) is 20.2 Å². The Balaban J connectivity index is 1.42. The molecule has 2 aromatic carbocycles. The van der Waals surface area contributed by atoms with E-state index in [0.717, 1.165) is 12.1 Å². The lowest BCUT2D eigenvalue weighted by Gasteiger charge is -2.40. The average molecular weight is 416 g/mol. The molecule has 0 radical (unpaired) electrons. The molecule has 1 unspecified atom stereocenters. The maximum Gasteiger partial charge on any atom is 0.417 e. The predicted octanol–water partition coefficient (Wildman–Crippen LogP) is 2.08. The molecule has 0 saturated carbocycles. The van der Waals surface area contributed by atoms with Crippen molar-refractivity contribution in [2.45, 2.75) is 13.0 Å². The molecule has 1 aliphatic heterocycles. The number of amides is 2. The van der Waals surface area contributed by atoms with Crippen LogP contribution in [0.2, 0.25) is 0 Å². The lowest BCUT2D eigenvalue weighted by molar-refractivity contribution is -0.144. The summed E-state index contributed by atoms with van der Waals surface area (Å²) in [6, 6.07) is 7.88. The van der Waals surface area contributed by atoms with E-state index in [0.29, 0.717) is 30.0 Å². The Morgan fingerprint density at radius 2 is 1.93 bits per heavy atom. The van der Waals surface area contributed by atoms with Crippen molar-refractivity contribution in [3.63, 3.8) is 0 Å². The number of aromatic amines is 1. The van der Waals surface area contributed by atoms with Crippen molar-refractivity contribution < 1.29 is 22.8 Å². The second-order valence-electron chi connectivity index (χ2n) is 7.07. The summed E-state index contributed by atoms with van der Waals surface area (Å²) in [6.07, 6.45) is 0. The summed E-state index contributed by atoms with van der Waals surface area (Å²) in [5, 5.41) is 2.51. The molecule has 1 aromatic heterocycles. The van der Waals surface area contributed by atoms with E-state index in [1.807, 2.05) is 4.90 Å². The van der Waals surface area contributed by atoms with Crippen molar-refractivity contribution in [2.75, 3.05) is 29.9 Å². The molecule has 0 bridgehead atoms. The molecule has 0 aliphatic carbocycles. The maximum atomic E-state index is 13.5. The van der Waals surface area contributed by atoms with Gasteiger partial charge in [0.2, 0.25) is 0 Å². The van der Waals surface area contributed by atoms with Crippen LogP contribution >= 0.6 is 0 Å². The average Bonchev–Trinajstić information content (AvgIpc) is 3.08. The van der Waals surface area contributed by atoms with Gasteiger partial charge in [-0.2, -0.15) is 0 Å². The fourth-order valence-electron chi connectivity index (χ4n) is 3.51. The largest absolute Gasteiger partial charge is 0.417 e. The molecule has 1 saturated heterocycles. The van der Waals surface area contributed by atoms with Crippen LogP contribution in [-0.4, -0.2) is 47.4 Å². The summed E-state index contributed by atoms with van der Waals surface area (Å²) in [4.78, 5) is 42.0. The van der Waals surface area contributed by atoms with Crippen LogP contribution in [0.1, 0.15) is 6.92 Å². The molecule has 156 valence electrons. The van der Waals surface area contributed by atoms with E-state index in [4.69, 9.17) is 4.42 Å². The van der Waals surface area contributed by atoms with E-state index in [2.05, 4.69) is 10.3 Å². The van der Waals surface area contributed by atoms with Gasteiger partial charge < -0.3 is 19.5 Å². The third-order valence-corrected chi connectivity index (χ3v) is 5.03. The number of halogens is 2. The number of carbonyl (C=O) groups is 2. The molecule has 3 aromatic rings. The standard InChI is InChI=1S/C20H18F2N4O4/c1-11-10-25(13-3-4-14(21)15(22)9-13)6-7-26(11)19(28)18(27)23-12-2-5-16-17(8-12)30-20(29)24-16/h2-5,8-9,11H,6-7,10H2,1H3,(H,23,27)(H,24,29). The van der Waals surface area contributed by atoms with Crippen LogP contribution in [0.15, 0.2) is 45.6 Å². The molecule has 1 fully saturated rings. The van der Waals surface area contributed by atoms with E-state index < -0.39 is 29.2 Å². The Morgan fingerprint density at radius 1 is 1.13 bits per heavy atom. The van der Waals surface area contributed by atoms with Crippen molar-refractivity contribution >= 4 is 34.3 Å². The molecule has 30 heavy (non-hydrogen) atoms. The third kappa shape index (κ3) is 3.76. The van der Waals surface area contributed by atoms with Gasteiger partial charge in [0.05, 0.1) is 5.52 Å². The van der Waals surface area contributed by atoms with Crippen molar-refractivity contribution in [1.29, 1.82) is 0 Å². The number of rotatable bonds is 2. The van der Waals surface area contributed by atoms with Gasteiger partial charge in [0.15, 0.2) is 17.2 Å². The van der Waals surface area contributed by atoms with E-state index in [9.17, 15) is 23.2 Å². The molecule has 2 amide bonds. The second-order valence-corrected chi connectivity index (χ2v) is 7.07. The first-order valence-electron chi connectivity index (χ1n) is 9.26. The zero-order valence-corrected chi connectivity index (χ0v) is 15.9. The van der Waals surface area contributed by atoms with Crippen molar-refractivity contribution in [2.24, 2.45) is 0 Å². The predicted molar refractivity (Wildman–Crippen MR) is 105 cm³/mol. The van der Waals surface area contributed by atoms with Crippen LogP contribution in [0, 0.1) is 11.6 Å². The Labute approximate surface area is 169 Å². The van der Waals surface area contributed by atoms with E-state index in [1.54, 1.807) is 19.1 Å². The lowest BCUT2D eigenvalue weighted by Crippen LogP contribution is -2.56. The molecule has 10 heteroatoms. The Morgan fingerprint density at radius 3 is 2.67 bits per heavy atom. The maximum absolute atomic E-state index is 13.5. The first-order chi connectivity index (χ1) is 14.3. The highest BCUT2D eigenvalue weighted by Crippen LogP contribution is 2.22. The molecular formula is C20H18F2N4O4. The second kappa shape index (κ2) is 7.62. The summed E-state index contributed by atoms with van der Waals surface area (Å²) in [5.41, 5.74) is 1.57. The number of fused-ring (bicyclic) bond motifs is 1. The quantitative estimate of drug-likeness (QED) is 0.624. The van der Waals surface area contributed by atoms with Crippen molar-refractivity contribution in [3.05, 3.63) is 58.6 Å². The highest BCUT2D eigenvalue weighted by Gasteiger charge is 2.31. The fraction of sp³-hybridized carbons (Fsp3) is 0.250. The molecule has 1 aliphatic rings. The molecular weight excluding hydrogens is 398 g/mol. The van der Waals surface area contributed by atoms with Crippen LogP contribution in [-0.2, 0) is 9.59 Å². The Kier molecular flexibility index (Phi) is 4.98. The van der Waals surface area contributed by atoms with Gasteiger partial charge in [-0.15, -0.1) is 0 Å². The summed E-state index contributed by atoms with van der Waals surface area (Å²) < 4.78 is 31.6. The zero-order valence-electron chi connectivity index (χ0n) is 15.9. The summed E-state index contributed by atoms with van der Waals surface area (Å²) >= 11 is 0. The third-order valence-electron chi connectivity index (χ3n) is 5.03. The minimum atomic E-state index is -0.937. The van der Waals surface area contributed by atoms with Gasteiger partial charge in [0.1, 0.15) is 0 Å². The minimum absolute atomic E-state index is 0.248. The zero-order chi connectivity index (χ0) is 21.4. The number of piperazine rings is 1. The van der Waals surface area contributed by atoms with Gasteiger partial charge in [0.25, 0.3) is 0 Å². The smallest absolute Gasteiger partial charge is 0.408 e. The molecule has 0 spiro atoms. The molecule has 2 heterocycles. The van der Waals surface area contributed by atoms with Crippen LogP contribution in [0.3, 0.4) is 0 Å². The number of aromatic nitrogens is 1. The first kappa shape index (κ1) is 19.6. The number of nitrogens with one attached hydrogen (secondary N) is 2. The number of H-pyrrole nitrogens is 1. The van der Waals surface area contributed by atoms with Gasteiger partial charge in [-0.1, -0.05) is 0 Å². The topological polar surface area (TPSA) is 98.6 Å². The molecule has 1 atom stereocenters. The molecule has 4 rings (SSSR count). The van der Waals surface area contributed by atoms with Crippen molar-refractivity contribution in [3.8, 4) is 0 Å². The number of anilines is 2. The van der Waals surface area contributed by atoms with Gasteiger partial charge in [0, 0.05) is 49.2 Å². The normalized spacial score (nSPS) is 16.7. The van der Waals surface area contributed by atoms with Gasteiger partial charge in [-0.25, -0.2) is 13.6 Å². The fourth-order valence-corrected chi connectivity index (χ4v) is 3.51. The number of hydrogen-bond donors (Lipinski definition) is 2. The number of oxazole rings is 1. The monoisotopic (exact) mass is 416 g/mol. The van der Waals surface area contributed by atoms with Crippen LogP contribution in [0.25, 0.3) is 11.1 Å². The minimum Gasteiger partial charge on any atom is -0.408 e. The van der Waals surface area contributed by atoms with Gasteiger partial charge >= 0.3 is 17.6 Å². The highest BCUT2D eigenvalue weighted by atomic mass is 19.2. The number of carbonyl (C=O) groups excluding carboxylic acids is 2. The number of nitrogens with zero attached hydrogens (tertiary/aromatic N) is 2. The molecule has 2 N–H and O–H groups in total. The van der Waals surface area contributed by atoms with E-state index >= 15 is 0 Å². The Bertz CT molecular complexity index is 1190. The summed E-state index contributed by atoms with van der Waals surface area (Å²) in [6.45, 7) is 2.76. The highest BCUT2D eigenvalue weighted by molar-refractivity contribution is 6.39. The van der Waals surface area contributed by atoms with Gasteiger partial charge in [-0.05, 0) is 31.2 Å². The molecule has 8 nitrogen and oxygen atoms in total. The number of hydrogen-bond acceptors (Lipinski definition) is 5. The van der Waals surface area contributed by atoms with Crippen LogP contribution < -0.4 is 16.0 Å². The van der Waals surface area contributed by atoms with Crippen molar-refractivity contribution in [1.82, 2.24) is 9.88 Å². The SMILES string of the molecule is CC1CN(c2ccc(F)c(F)c2)CCN1C(=O)C(=O)Nc1ccc2[nH]c(=O)oc2c1. The first-order valence-corrected chi connectivity index (χ1v) is 9.26.